The van der Waals surface area contributed by atoms with Gasteiger partial charge in [0.25, 0.3) is 5.69 Å². The fourth-order valence-electron chi connectivity index (χ4n) is 3.80. The second-order valence-electron chi connectivity index (χ2n) is 6.60. The van der Waals surface area contributed by atoms with Crippen LogP contribution in [0.4, 0.5) is 5.69 Å². The molecule has 1 fully saturated rings. The van der Waals surface area contributed by atoms with Gasteiger partial charge >= 0.3 is 0 Å². The lowest BCUT2D eigenvalue weighted by molar-refractivity contribution is -0.385. The number of fused-ring (bicyclic) bond motifs is 1. The predicted octanol–water partition coefficient (Wildman–Crippen LogP) is 3.12. The average molecular weight is 336 g/mol. The average Bonchev–Trinajstić information content (AvgIpc) is 3.05. The molecular weight excluding hydrogens is 316 g/mol. The number of nitro benzene ring substituents is 1. The SMILES string of the molecule is O=[N+]([O-])c1ccccc1C1NN=C2CCN(Cc3ccccc3)CC21. The van der Waals surface area contributed by atoms with Crippen molar-refractivity contribution in [1.82, 2.24) is 10.3 Å². The fourth-order valence-corrected chi connectivity index (χ4v) is 3.80. The van der Waals surface area contributed by atoms with E-state index in [1.165, 1.54) is 5.56 Å². The lowest BCUT2D eigenvalue weighted by Gasteiger charge is -2.33. The minimum atomic E-state index is -0.306. The van der Waals surface area contributed by atoms with Crippen LogP contribution in [0, 0.1) is 16.0 Å². The quantitative estimate of drug-likeness (QED) is 0.688. The van der Waals surface area contributed by atoms with Crippen molar-refractivity contribution in [3.63, 3.8) is 0 Å². The summed E-state index contributed by atoms with van der Waals surface area (Å²) in [6, 6.07) is 17.2. The summed E-state index contributed by atoms with van der Waals surface area (Å²) in [6.07, 6.45) is 0.904. The molecule has 2 aliphatic rings. The first-order valence-electron chi connectivity index (χ1n) is 8.54. The first-order chi connectivity index (χ1) is 12.2. The molecule has 2 aliphatic heterocycles. The zero-order valence-electron chi connectivity index (χ0n) is 13.8. The van der Waals surface area contributed by atoms with Gasteiger partial charge in [-0.15, -0.1) is 0 Å². The first-order valence-corrected chi connectivity index (χ1v) is 8.54. The van der Waals surface area contributed by atoms with E-state index in [4.69, 9.17) is 0 Å². The summed E-state index contributed by atoms with van der Waals surface area (Å²) in [4.78, 5) is 13.5. The summed E-state index contributed by atoms with van der Waals surface area (Å²) in [7, 11) is 0. The molecule has 2 atom stereocenters. The van der Waals surface area contributed by atoms with Gasteiger partial charge in [-0.05, 0) is 11.6 Å². The molecule has 2 aromatic rings. The Morgan fingerprint density at radius 2 is 1.92 bits per heavy atom. The Bertz CT molecular complexity index is 806. The topological polar surface area (TPSA) is 70.8 Å². The summed E-state index contributed by atoms with van der Waals surface area (Å²) < 4.78 is 0. The van der Waals surface area contributed by atoms with Crippen LogP contribution in [0.25, 0.3) is 0 Å². The number of piperidine rings is 1. The Kier molecular flexibility index (Phi) is 4.19. The Morgan fingerprint density at radius 3 is 2.72 bits per heavy atom. The molecule has 2 aromatic carbocycles. The maximum absolute atomic E-state index is 11.4. The summed E-state index contributed by atoms with van der Waals surface area (Å²) in [6.45, 7) is 2.72. The van der Waals surface area contributed by atoms with Crippen LogP contribution in [0.15, 0.2) is 59.7 Å². The number of hydrogen-bond acceptors (Lipinski definition) is 5. The highest BCUT2D eigenvalue weighted by atomic mass is 16.6. The van der Waals surface area contributed by atoms with Crippen LogP contribution in [0.5, 0.6) is 0 Å². The Labute approximate surface area is 146 Å². The van der Waals surface area contributed by atoms with Crippen LogP contribution in [0.1, 0.15) is 23.6 Å². The van der Waals surface area contributed by atoms with Gasteiger partial charge in [0.05, 0.1) is 16.5 Å². The Balaban J connectivity index is 1.55. The molecule has 1 N–H and O–H groups in total. The minimum Gasteiger partial charge on any atom is -0.302 e. The zero-order valence-corrected chi connectivity index (χ0v) is 13.8. The molecule has 4 rings (SSSR count). The lowest BCUT2D eigenvalue weighted by atomic mass is 9.85. The van der Waals surface area contributed by atoms with Crippen LogP contribution in [0.2, 0.25) is 0 Å². The van der Waals surface area contributed by atoms with E-state index in [1.54, 1.807) is 12.1 Å². The molecule has 0 aliphatic carbocycles. The van der Waals surface area contributed by atoms with E-state index in [9.17, 15) is 10.1 Å². The number of para-hydroxylation sites is 1. The molecule has 0 aromatic heterocycles. The molecular formula is C19H20N4O2. The van der Waals surface area contributed by atoms with E-state index < -0.39 is 0 Å². The van der Waals surface area contributed by atoms with Gasteiger partial charge in [0.1, 0.15) is 0 Å². The maximum Gasteiger partial charge on any atom is 0.274 e. The largest absolute Gasteiger partial charge is 0.302 e. The molecule has 2 heterocycles. The molecule has 0 amide bonds. The Morgan fingerprint density at radius 1 is 1.16 bits per heavy atom. The van der Waals surface area contributed by atoms with Crippen LogP contribution >= 0.6 is 0 Å². The van der Waals surface area contributed by atoms with Crippen molar-refractivity contribution in [3.8, 4) is 0 Å². The van der Waals surface area contributed by atoms with Gasteiger partial charge in [0.2, 0.25) is 0 Å². The van der Waals surface area contributed by atoms with Crippen LogP contribution in [0.3, 0.4) is 0 Å². The van der Waals surface area contributed by atoms with Gasteiger partial charge < -0.3 is 5.43 Å². The van der Waals surface area contributed by atoms with Crippen molar-refractivity contribution in [2.75, 3.05) is 13.1 Å². The maximum atomic E-state index is 11.4. The van der Waals surface area contributed by atoms with Crippen molar-refractivity contribution in [3.05, 3.63) is 75.8 Å². The lowest BCUT2D eigenvalue weighted by Crippen LogP contribution is -2.41. The van der Waals surface area contributed by atoms with Crippen molar-refractivity contribution in [2.45, 2.75) is 19.0 Å². The van der Waals surface area contributed by atoms with E-state index in [0.29, 0.717) is 0 Å². The first kappa shape index (κ1) is 15.8. The highest BCUT2D eigenvalue weighted by Crippen LogP contribution is 2.36. The van der Waals surface area contributed by atoms with Gasteiger partial charge in [-0.25, -0.2) is 0 Å². The highest BCUT2D eigenvalue weighted by Gasteiger charge is 2.39. The molecule has 0 radical (unpaired) electrons. The normalized spacial score (nSPS) is 22.8. The third kappa shape index (κ3) is 3.13. The van der Waals surface area contributed by atoms with E-state index in [1.807, 2.05) is 18.2 Å². The minimum absolute atomic E-state index is 0.129. The van der Waals surface area contributed by atoms with Crippen molar-refractivity contribution < 1.29 is 4.92 Å². The summed E-state index contributed by atoms with van der Waals surface area (Å²) >= 11 is 0. The van der Waals surface area contributed by atoms with Gasteiger partial charge in [0.15, 0.2) is 0 Å². The molecule has 0 bridgehead atoms. The Hall–Kier alpha value is -2.73. The molecule has 0 saturated carbocycles. The molecule has 6 heteroatoms. The number of likely N-dealkylation sites (tertiary alicyclic amines) is 1. The highest BCUT2D eigenvalue weighted by molar-refractivity contribution is 5.90. The molecule has 128 valence electrons. The molecule has 25 heavy (non-hydrogen) atoms. The van der Waals surface area contributed by atoms with Gasteiger partial charge in [0, 0.05) is 43.8 Å². The molecule has 6 nitrogen and oxygen atoms in total. The summed E-state index contributed by atoms with van der Waals surface area (Å²) in [5.74, 6) is 0.179. The van der Waals surface area contributed by atoms with Gasteiger partial charge in [-0.3, -0.25) is 15.0 Å². The second-order valence-corrected chi connectivity index (χ2v) is 6.60. The second kappa shape index (κ2) is 6.64. The number of nitro groups is 1. The number of hydrazone groups is 1. The third-order valence-corrected chi connectivity index (χ3v) is 5.03. The predicted molar refractivity (Wildman–Crippen MR) is 96.2 cm³/mol. The van der Waals surface area contributed by atoms with Crippen LogP contribution in [-0.2, 0) is 6.54 Å². The van der Waals surface area contributed by atoms with Crippen molar-refractivity contribution >= 4 is 11.4 Å². The monoisotopic (exact) mass is 336 g/mol. The van der Waals surface area contributed by atoms with Crippen LogP contribution in [-0.4, -0.2) is 28.6 Å². The number of benzene rings is 2. The van der Waals surface area contributed by atoms with E-state index in [-0.39, 0.29) is 22.6 Å². The van der Waals surface area contributed by atoms with Gasteiger partial charge in [-0.1, -0.05) is 42.5 Å². The molecule has 0 spiro atoms. The third-order valence-electron chi connectivity index (χ3n) is 5.03. The van der Waals surface area contributed by atoms with Crippen LogP contribution < -0.4 is 5.43 Å². The summed E-state index contributed by atoms with van der Waals surface area (Å²) in [5, 5.41) is 15.8. The number of rotatable bonds is 4. The standard InChI is InChI=1S/C19H20N4O2/c24-23(25)18-9-5-4-8-15(18)19-16-13-22(11-10-17(16)20-21-19)12-14-6-2-1-3-7-14/h1-9,16,19,21H,10-13H2. The number of nitrogens with zero attached hydrogens (tertiary/aromatic N) is 3. The number of hydrogen-bond donors (Lipinski definition) is 1. The molecule has 1 saturated heterocycles. The fraction of sp³-hybridized carbons (Fsp3) is 0.316. The smallest absolute Gasteiger partial charge is 0.274 e. The van der Waals surface area contributed by atoms with Gasteiger partial charge in [-0.2, -0.15) is 5.10 Å². The van der Waals surface area contributed by atoms with Crippen molar-refractivity contribution in [1.29, 1.82) is 0 Å². The zero-order chi connectivity index (χ0) is 17.2. The van der Waals surface area contributed by atoms with E-state index in [0.717, 1.165) is 37.3 Å². The molecule has 2 unspecified atom stereocenters. The number of nitrogens with one attached hydrogen (secondary N) is 1. The van der Waals surface area contributed by atoms with Crippen molar-refractivity contribution in [2.24, 2.45) is 11.0 Å². The summed E-state index contributed by atoms with van der Waals surface area (Å²) in [5.41, 5.74) is 6.46. The van der Waals surface area contributed by atoms with E-state index >= 15 is 0 Å². The van der Waals surface area contributed by atoms with E-state index in [2.05, 4.69) is 39.7 Å².